The molecule has 0 amide bonds. The lowest BCUT2D eigenvalue weighted by Crippen LogP contribution is -1.85. The zero-order chi connectivity index (χ0) is 10.8. The van der Waals surface area contributed by atoms with Crippen LogP contribution in [0.5, 0.6) is 0 Å². The van der Waals surface area contributed by atoms with Gasteiger partial charge in [-0.3, -0.25) is 0 Å². The molecule has 0 aromatic rings. The fraction of sp³-hybridized carbons (Fsp3) is 0.733. The minimum Gasteiger partial charge on any atom is -0.0882 e. The standard InChI is InChI=1S/C15H26/c1-2-12-15-13-10-8-6-4-3-5-7-9-11-14-15/h8,10,14H,2-7,9,11-13H2,1H3. The van der Waals surface area contributed by atoms with Crippen LogP contribution in [0.2, 0.25) is 0 Å². The van der Waals surface area contributed by atoms with Crippen molar-refractivity contribution in [1.29, 1.82) is 0 Å². The van der Waals surface area contributed by atoms with E-state index in [4.69, 9.17) is 0 Å². The van der Waals surface area contributed by atoms with Crippen LogP contribution >= 0.6 is 0 Å². The van der Waals surface area contributed by atoms with Gasteiger partial charge >= 0.3 is 0 Å². The van der Waals surface area contributed by atoms with Gasteiger partial charge in [-0.2, -0.15) is 0 Å². The van der Waals surface area contributed by atoms with Gasteiger partial charge in [0.1, 0.15) is 0 Å². The molecule has 0 heteroatoms. The van der Waals surface area contributed by atoms with E-state index in [1.54, 1.807) is 5.57 Å². The molecule has 0 bridgehead atoms. The zero-order valence-electron chi connectivity index (χ0n) is 10.3. The van der Waals surface area contributed by atoms with Crippen LogP contribution in [0.15, 0.2) is 23.8 Å². The Morgan fingerprint density at radius 2 is 1.67 bits per heavy atom. The van der Waals surface area contributed by atoms with Gasteiger partial charge in [0.05, 0.1) is 0 Å². The second-order valence-corrected chi connectivity index (χ2v) is 4.63. The van der Waals surface area contributed by atoms with Crippen LogP contribution in [0.25, 0.3) is 0 Å². The lowest BCUT2D eigenvalue weighted by molar-refractivity contribution is 0.619. The van der Waals surface area contributed by atoms with Gasteiger partial charge in [-0.05, 0) is 38.5 Å². The Labute approximate surface area is 95.5 Å². The summed E-state index contributed by atoms with van der Waals surface area (Å²) in [5, 5.41) is 0. The Kier molecular flexibility index (Phi) is 7.33. The molecule has 0 aliphatic heterocycles. The van der Waals surface area contributed by atoms with Crippen molar-refractivity contribution < 1.29 is 0 Å². The smallest absolute Gasteiger partial charge is 0.0139 e. The third-order valence-electron chi connectivity index (χ3n) is 3.13. The van der Waals surface area contributed by atoms with Crippen LogP contribution in [0, 0.1) is 0 Å². The third-order valence-corrected chi connectivity index (χ3v) is 3.13. The Bertz CT molecular complexity index is 198. The molecule has 1 rings (SSSR count). The van der Waals surface area contributed by atoms with Gasteiger partial charge in [-0.25, -0.2) is 0 Å². The topological polar surface area (TPSA) is 0 Å². The van der Waals surface area contributed by atoms with Gasteiger partial charge in [0.15, 0.2) is 0 Å². The summed E-state index contributed by atoms with van der Waals surface area (Å²) in [5.74, 6) is 0. The maximum atomic E-state index is 2.50. The van der Waals surface area contributed by atoms with Gasteiger partial charge in [0.25, 0.3) is 0 Å². The molecule has 0 heterocycles. The summed E-state index contributed by atoms with van der Waals surface area (Å²) >= 11 is 0. The molecular formula is C15H26. The summed E-state index contributed by atoms with van der Waals surface area (Å²) in [5.41, 5.74) is 1.66. The predicted molar refractivity (Wildman–Crippen MR) is 69.1 cm³/mol. The summed E-state index contributed by atoms with van der Waals surface area (Å²) in [7, 11) is 0. The monoisotopic (exact) mass is 206 g/mol. The van der Waals surface area contributed by atoms with Crippen LogP contribution in [0.4, 0.5) is 0 Å². The highest BCUT2D eigenvalue weighted by Crippen LogP contribution is 2.16. The average Bonchev–Trinajstić information content (AvgIpc) is 2.22. The van der Waals surface area contributed by atoms with E-state index in [-0.39, 0.29) is 0 Å². The summed E-state index contributed by atoms with van der Waals surface area (Å²) in [6.07, 6.45) is 20.7. The fourth-order valence-electron chi connectivity index (χ4n) is 2.20. The molecule has 0 N–H and O–H groups in total. The quantitative estimate of drug-likeness (QED) is 0.530. The van der Waals surface area contributed by atoms with E-state index >= 15 is 0 Å². The van der Waals surface area contributed by atoms with Crippen molar-refractivity contribution in [1.82, 2.24) is 0 Å². The average molecular weight is 206 g/mol. The van der Waals surface area contributed by atoms with E-state index in [0.717, 1.165) is 0 Å². The molecule has 0 aromatic heterocycles. The van der Waals surface area contributed by atoms with Gasteiger partial charge in [-0.1, -0.05) is 56.4 Å². The maximum Gasteiger partial charge on any atom is -0.0139 e. The van der Waals surface area contributed by atoms with Crippen LogP contribution in [0.1, 0.15) is 71.1 Å². The maximum absolute atomic E-state index is 2.50. The number of rotatable bonds is 2. The highest BCUT2D eigenvalue weighted by atomic mass is 14.0. The van der Waals surface area contributed by atoms with Gasteiger partial charge < -0.3 is 0 Å². The normalized spacial score (nSPS) is 20.2. The zero-order valence-corrected chi connectivity index (χ0v) is 10.3. The summed E-state index contributed by atoms with van der Waals surface area (Å²) in [4.78, 5) is 0. The number of hydrogen-bond donors (Lipinski definition) is 0. The fourth-order valence-corrected chi connectivity index (χ4v) is 2.20. The molecule has 1 aliphatic rings. The molecule has 0 unspecified atom stereocenters. The van der Waals surface area contributed by atoms with Gasteiger partial charge in [-0.15, -0.1) is 0 Å². The largest absolute Gasteiger partial charge is 0.0882 e. The molecule has 0 nitrogen and oxygen atoms in total. The number of allylic oxidation sites excluding steroid dienone is 4. The SMILES string of the molecule is CCCC1=CCCCCCCCC=CC1. The van der Waals surface area contributed by atoms with E-state index in [0.29, 0.717) is 0 Å². The molecule has 0 radical (unpaired) electrons. The second kappa shape index (κ2) is 8.76. The highest BCUT2D eigenvalue weighted by molar-refractivity contribution is 5.07. The minimum atomic E-state index is 1.20. The van der Waals surface area contributed by atoms with Gasteiger partial charge in [0, 0.05) is 0 Å². The molecule has 15 heavy (non-hydrogen) atoms. The minimum absolute atomic E-state index is 1.20. The van der Waals surface area contributed by atoms with Crippen LogP contribution < -0.4 is 0 Å². The Morgan fingerprint density at radius 3 is 2.47 bits per heavy atom. The van der Waals surface area contributed by atoms with Crippen LogP contribution in [0.3, 0.4) is 0 Å². The molecule has 0 fully saturated rings. The first-order chi connectivity index (χ1) is 7.43. The van der Waals surface area contributed by atoms with E-state index < -0.39 is 0 Å². The number of hydrogen-bond acceptors (Lipinski definition) is 0. The molecule has 0 saturated heterocycles. The van der Waals surface area contributed by atoms with E-state index in [9.17, 15) is 0 Å². The van der Waals surface area contributed by atoms with Crippen molar-refractivity contribution in [2.45, 2.75) is 71.1 Å². The summed E-state index contributed by atoms with van der Waals surface area (Å²) in [6.45, 7) is 2.28. The van der Waals surface area contributed by atoms with Crippen LogP contribution in [-0.4, -0.2) is 0 Å². The Morgan fingerprint density at radius 1 is 0.933 bits per heavy atom. The van der Waals surface area contributed by atoms with Crippen molar-refractivity contribution >= 4 is 0 Å². The molecule has 0 aromatic carbocycles. The van der Waals surface area contributed by atoms with Crippen LogP contribution in [-0.2, 0) is 0 Å². The molecule has 0 saturated carbocycles. The molecule has 1 aliphatic carbocycles. The van der Waals surface area contributed by atoms with Crippen molar-refractivity contribution in [3.8, 4) is 0 Å². The van der Waals surface area contributed by atoms with Crippen molar-refractivity contribution in [3.05, 3.63) is 23.8 Å². The summed E-state index contributed by atoms with van der Waals surface area (Å²) in [6, 6.07) is 0. The first-order valence-electron chi connectivity index (χ1n) is 6.76. The Balaban J connectivity index is 2.40. The lowest BCUT2D eigenvalue weighted by atomic mass is 10.0. The van der Waals surface area contributed by atoms with E-state index in [1.165, 1.54) is 64.2 Å². The predicted octanol–water partition coefficient (Wildman–Crippen LogP) is 5.40. The Hall–Kier alpha value is -0.520. The molecule has 0 spiro atoms. The molecular weight excluding hydrogens is 180 g/mol. The first-order valence-corrected chi connectivity index (χ1v) is 6.76. The van der Waals surface area contributed by atoms with E-state index in [1.807, 2.05) is 0 Å². The third kappa shape index (κ3) is 6.54. The van der Waals surface area contributed by atoms with Crippen molar-refractivity contribution in [2.24, 2.45) is 0 Å². The molecule has 0 atom stereocenters. The molecule has 86 valence electrons. The lowest BCUT2D eigenvalue weighted by Gasteiger charge is -2.05. The summed E-state index contributed by atoms with van der Waals surface area (Å²) < 4.78 is 0. The van der Waals surface area contributed by atoms with Gasteiger partial charge in [0.2, 0.25) is 0 Å². The van der Waals surface area contributed by atoms with E-state index in [2.05, 4.69) is 25.2 Å². The first kappa shape index (κ1) is 12.5. The van der Waals surface area contributed by atoms with Crippen molar-refractivity contribution in [2.75, 3.05) is 0 Å². The second-order valence-electron chi connectivity index (χ2n) is 4.63. The van der Waals surface area contributed by atoms with Crippen molar-refractivity contribution in [3.63, 3.8) is 0 Å². The highest BCUT2D eigenvalue weighted by Gasteiger charge is 1.96.